The number of ketones is 1. The molecule has 3 nitrogen and oxygen atoms in total. The summed E-state index contributed by atoms with van der Waals surface area (Å²) in [5.74, 6) is 1.45. The first-order valence-electron chi connectivity index (χ1n) is 10.8. The molecular formula is C29H24Br2O3. The number of hydrogen-bond acceptors (Lipinski definition) is 3. The maximum Gasteiger partial charge on any atom is 0.193 e. The topological polar surface area (TPSA) is 35.5 Å². The number of carbonyl (C=O) groups excluding carboxylic acids is 1. The van der Waals surface area contributed by atoms with E-state index in [-0.39, 0.29) is 5.78 Å². The molecule has 4 rings (SSSR count). The summed E-state index contributed by atoms with van der Waals surface area (Å²) in [7, 11) is 3.28. The highest BCUT2D eigenvalue weighted by Gasteiger charge is 2.19. The van der Waals surface area contributed by atoms with Crippen LogP contribution in [0.1, 0.15) is 38.2 Å². The molecule has 34 heavy (non-hydrogen) atoms. The van der Waals surface area contributed by atoms with Crippen molar-refractivity contribution in [1.82, 2.24) is 0 Å². The van der Waals surface area contributed by atoms with Crippen molar-refractivity contribution in [2.24, 2.45) is 0 Å². The number of benzene rings is 4. The van der Waals surface area contributed by atoms with E-state index in [4.69, 9.17) is 9.47 Å². The van der Waals surface area contributed by atoms with Gasteiger partial charge >= 0.3 is 0 Å². The van der Waals surface area contributed by atoms with Gasteiger partial charge in [-0.05, 0) is 95.8 Å². The third-order valence-electron chi connectivity index (χ3n) is 5.73. The SMILES string of the molecule is COc1ccc(C(=O)c2ccc(OC)cc2Cc2ccc(Br)cc2)c(Cc2ccc(Br)cc2)c1. The molecule has 0 bridgehead atoms. The number of hydrogen-bond donors (Lipinski definition) is 0. The second-order valence-corrected chi connectivity index (χ2v) is 9.81. The molecule has 0 N–H and O–H groups in total. The molecule has 0 radical (unpaired) electrons. The second-order valence-electron chi connectivity index (χ2n) is 7.98. The molecule has 0 aliphatic heterocycles. The highest BCUT2D eigenvalue weighted by molar-refractivity contribution is 9.10. The first-order valence-corrected chi connectivity index (χ1v) is 12.4. The van der Waals surface area contributed by atoms with E-state index in [0.29, 0.717) is 24.0 Å². The Morgan fingerprint density at radius 2 is 1.00 bits per heavy atom. The highest BCUT2D eigenvalue weighted by Crippen LogP contribution is 2.28. The fourth-order valence-corrected chi connectivity index (χ4v) is 4.45. The van der Waals surface area contributed by atoms with E-state index in [9.17, 15) is 4.79 Å². The fourth-order valence-electron chi connectivity index (χ4n) is 3.92. The van der Waals surface area contributed by atoms with Gasteiger partial charge < -0.3 is 9.47 Å². The average Bonchev–Trinajstić information content (AvgIpc) is 2.86. The van der Waals surface area contributed by atoms with Crippen LogP contribution in [-0.2, 0) is 12.8 Å². The minimum absolute atomic E-state index is 0.00969. The summed E-state index contributed by atoms with van der Waals surface area (Å²) in [6.45, 7) is 0. The summed E-state index contributed by atoms with van der Waals surface area (Å²) in [6.07, 6.45) is 1.26. The fraction of sp³-hybridized carbons (Fsp3) is 0.138. The van der Waals surface area contributed by atoms with Crippen molar-refractivity contribution in [3.8, 4) is 11.5 Å². The van der Waals surface area contributed by atoms with E-state index in [0.717, 1.165) is 42.7 Å². The average molecular weight is 580 g/mol. The smallest absolute Gasteiger partial charge is 0.193 e. The predicted octanol–water partition coefficient (Wildman–Crippen LogP) is 7.64. The Morgan fingerprint density at radius 1 is 0.618 bits per heavy atom. The van der Waals surface area contributed by atoms with E-state index >= 15 is 0 Å². The van der Waals surface area contributed by atoms with Crippen LogP contribution < -0.4 is 9.47 Å². The Hall–Kier alpha value is -2.89. The molecule has 4 aromatic rings. The van der Waals surface area contributed by atoms with Gasteiger partial charge in [0.05, 0.1) is 14.2 Å². The number of rotatable bonds is 8. The zero-order valence-corrected chi connectivity index (χ0v) is 22.1. The lowest BCUT2D eigenvalue weighted by atomic mass is 9.90. The minimum atomic E-state index is -0.00969. The molecule has 4 aromatic carbocycles. The largest absolute Gasteiger partial charge is 0.497 e. The van der Waals surface area contributed by atoms with Crippen LogP contribution in [0.3, 0.4) is 0 Å². The molecule has 0 aromatic heterocycles. The van der Waals surface area contributed by atoms with Crippen molar-refractivity contribution < 1.29 is 14.3 Å². The highest BCUT2D eigenvalue weighted by atomic mass is 79.9. The summed E-state index contributed by atoms with van der Waals surface area (Å²) >= 11 is 6.97. The van der Waals surface area contributed by atoms with E-state index < -0.39 is 0 Å². The summed E-state index contributed by atoms with van der Waals surface area (Å²) in [4.78, 5) is 13.9. The van der Waals surface area contributed by atoms with E-state index in [1.165, 1.54) is 0 Å². The molecule has 0 fully saturated rings. The van der Waals surface area contributed by atoms with Crippen molar-refractivity contribution >= 4 is 37.6 Å². The van der Waals surface area contributed by atoms with Crippen LogP contribution in [-0.4, -0.2) is 20.0 Å². The van der Waals surface area contributed by atoms with E-state index in [2.05, 4.69) is 56.1 Å². The zero-order valence-electron chi connectivity index (χ0n) is 19.0. The van der Waals surface area contributed by atoms with E-state index in [1.54, 1.807) is 14.2 Å². The van der Waals surface area contributed by atoms with Gasteiger partial charge in [0.15, 0.2) is 5.78 Å². The molecule has 0 atom stereocenters. The molecule has 0 saturated carbocycles. The van der Waals surface area contributed by atoms with Gasteiger partial charge in [0, 0.05) is 20.1 Å². The van der Waals surface area contributed by atoms with Crippen LogP contribution >= 0.6 is 31.9 Å². The van der Waals surface area contributed by atoms with Crippen molar-refractivity contribution in [3.63, 3.8) is 0 Å². The van der Waals surface area contributed by atoms with Crippen LogP contribution in [0.25, 0.3) is 0 Å². The Labute approximate surface area is 217 Å². The molecule has 0 spiro atoms. The Balaban J connectivity index is 1.74. The lowest BCUT2D eigenvalue weighted by molar-refractivity contribution is 0.103. The first-order chi connectivity index (χ1) is 16.5. The summed E-state index contributed by atoms with van der Waals surface area (Å²) in [5, 5.41) is 0. The summed E-state index contributed by atoms with van der Waals surface area (Å²) in [5.41, 5.74) is 5.44. The number of methoxy groups -OCH3 is 2. The third kappa shape index (κ3) is 5.78. The van der Waals surface area contributed by atoms with Crippen LogP contribution in [0, 0.1) is 0 Å². The van der Waals surface area contributed by atoms with Crippen LogP contribution in [0.5, 0.6) is 11.5 Å². The van der Waals surface area contributed by atoms with E-state index in [1.807, 2.05) is 60.7 Å². The zero-order chi connectivity index (χ0) is 24.1. The van der Waals surface area contributed by atoms with Crippen molar-refractivity contribution in [3.05, 3.63) is 127 Å². The van der Waals surface area contributed by atoms with Crippen molar-refractivity contribution in [2.45, 2.75) is 12.8 Å². The van der Waals surface area contributed by atoms with Gasteiger partial charge in [0.1, 0.15) is 11.5 Å². The van der Waals surface area contributed by atoms with Gasteiger partial charge in [-0.2, -0.15) is 0 Å². The summed E-state index contributed by atoms with van der Waals surface area (Å²) < 4.78 is 13.0. The van der Waals surface area contributed by atoms with Crippen LogP contribution in [0.15, 0.2) is 93.9 Å². The second kappa shape index (κ2) is 11.0. The van der Waals surface area contributed by atoms with Gasteiger partial charge in [-0.3, -0.25) is 4.79 Å². The normalized spacial score (nSPS) is 10.7. The number of halogens is 2. The Kier molecular flexibility index (Phi) is 7.86. The van der Waals surface area contributed by atoms with Crippen LogP contribution in [0.4, 0.5) is 0 Å². The molecule has 5 heteroatoms. The van der Waals surface area contributed by atoms with Gasteiger partial charge in [0.25, 0.3) is 0 Å². The molecule has 0 heterocycles. The molecular weight excluding hydrogens is 556 g/mol. The van der Waals surface area contributed by atoms with Crippen molar-refractivity contribution in [2.75, 3.05) is 14.2 Å². The maximum absolute atomic E-state index is 13.9. The minimum Gasteiger partial charge on any atom is -0.497 e. The molecule has 0 saturated heterocycles. The lowest BCUT2D eigenvalue weighted by Gasteiger charge is -2.15. The molecule has 0 unspecified atom stereocenters. The monoisotopic (exact) mass is 578 g/mol. The summed E-state index contributed by atoms with van der Waals surface area (Å²) in [6, 6.07) is 27.6. The standard InChI is InChI=1S/C29H24Br2O3/c1-33-25-11-13-27(21(17-25)15-19-3-7-23(30)8-4-19)29(32)28-14-12-26(34-2)18-22(28)16-20-5-9-24(31)10-6-20/h3-14,17-18H,15-16H2,1-2H3. The predicted molar refractivity (Wildman–Crippen MR) is 143 cm³/mol. The van der Waals surface area contributed by atoms with Gasteiger partial charge in [-0.1, -0.05) is 56.1 Å². The van der Waals surface area contributed by atoms with Crippen LogP contribution in [0.2, 0.25) is 0 Å². The molecule has 0 amide bonds. The molecule has 172 valence electrons. The van der Waals surface area contributed by atoms with Gasteiger partial charge in [-0.25, -0.2) is 0 Å². The Morgan fingerprint density at radius 3 is 1.35 bits per heavy atom. The first kappa shape index (κ1) is 24.2. The quantitative estimate of drug-likeness (QED) is 0.201. The molecule has 0 aliphatic carbocycles. The van der Waals surface area contributed by atoms with Gasteiger partial charge in [-0.15, -0.1) is 0 Å². The van der Waals surface area contributed by atoms with Crippen molar-refractivity contribution in [1.29, 1.82) is 0 Å². The number of carbonyl (C=O) groups is 1. The third-order valence-corrected chi connectivity index (χ3v) is 6.79. The molecule has 0 aliphatic rings. The number of ether oxygens (including phenoxy) is 2. The lowest BCUT2D eigenvalue weighted by Crippen LogP contribution is -2.10. The Bertz CT molecular complexity index is 1200. The maximum atomic E-state index is 13.9. The van der Waals surface area contributed by atoms with Gasteiger partial charge in [0.2, 0.25) is 0 Å².